The van der Waals surface area contributed by atoms with E-state index in [9.17, 15) is 0 Å². The third-order valence-electron chi connectivity index (χ3n) is 7.46. The van der Waals surface area contributed by atoms with Gasteiger partial charge in [0.1, 0.15) is 22.6 Å². The molecular formula is C32H18Cl2IrN8. The quantitative estimate of drug-likeness (QED) is 0.161. The minimum atomic E-state index is -0.556. The molecule has 7 aromatic rings. The Hall–Kier alpha value is -4.53. The van der Waals surface area contributed by atoms with Gasteiger partial charge in [-0.15, -0.1) is 0 Å². The minimum Gasteiger partial charge on any atom is -0.324 e. The molecule has 9 rings (SSSR count). The van der Waals surface area contributed by atoms with Crippen LogP contribution in [-0.4, -0.2) is 39.9 Å². The van der Waals surface area contributed by atoms with Crippen LogP contribution < -0.4 is 0 Å². The third kappa shape index (κ3) is 4.40. The van der Waals surface area contributed by atoms with Crippen LogP contribution in [0.5, 0.6) is 0 Å². The van der Waals surface area contributed by atoms with Gasteiger partial charge in [0, 0.05) is 43.8 Å². The molecule has 0 atom stereocenters. The topological polar surface area (TPSA) is 109 Å². The number of hydrogen-bond acceptors (Lipinski definition) is 6. The summed E-state index contributed by atoms with van der Waals surface area (Å²) < 4.78 is 0. The van der Waals surface area contributed by atoms with E-state index >= 15 is 0 Å². The van der Waals surface area contributed by atoms with Gasteiger partial charge in [0.25, 0.3) is 0 Å². The van der Waals surface area contributed by atoms with Gasteiger partial charge in [-0.05, 0) is 0 Å². The van der Waals surface area contributed by atoms with E-state index in [0.29, 0.717) is 45.9 Å². The van der Waals surface area contributed by atoms with Gasteiger partial charge in [0.2, 0.25) is 0 Å². The van der Waals surface area contributed by atoms with E-state index in [2.05, 4.69) is 9.97 Å². The maximum Gasteiger partial charge on any atom is 0.164 e. The fourth-order valence-electron chi connectivity index (χ4n) is 5.59. The molecule has 4 aromatic carbocycles. The summed E-state index contributed by atoms with van der Waals surface area (Å²) in [6.45, 7) is 0. The van der Waals surface area contributed by atoms with Crippen molar-refractivity contribution in [3.8, 4) is 45.6 Å². The SMILES string of the molecule is [Cl][Ir][Cl].c1ccc2c(c1)-c1nc-2nc2[nH]c(nc3nc(nc4[nH]c(n1)c1ccccc41)-c1ccccc1-3)c1ccccc21. The first kappa shape index (κ1) is 26.1. The molecule has 43 heavy (non-hydrogen) atoms. The first-order valence-corrected chi connectivity index (χ1v) is 19.2. The Kier molecular flexibility index (Phi) is 6.46. The Morgan fingerprint density at radius 3 is 0.860 bits per heavy atom. The summed E-state index contributed by atoms with van der Waals surface area (Å²) in [5.74, 6) is 2.39. The summed E-state index contributed by atoms with van der Waals surface area (Å²) in [6.07, 6.45) is 0. The number of halogens is 2. The van der Waals surface area contributed by atoms with E-state index in [1.54, 1.807) is 0 Å². The molecule has 11 heteroatoms. The molecule has 0 aliphatic carbocycles. The second-order valence-corrected chi connectivity index (χ2v) is 13.3. The largest absolute Gasteiger partial charge is 0.324 e. The first-order chi connectivity index (χ1) is 21.2. The van der Waals surface area contributed by atoms with Gasteiger partial charge < -0.3 is 9.97 Å². The van der Waals surface area contributed by atoms with Gasteiger partial charge in [-0.2, -0.15) is 0 Å². The van der Waals surface area contributed by atoms with Crippen LogP contribution in [0.15, 0.2) is 97.1 Å². The molecule has 209 valence electrons. The van der Waals surface area contributed by atoms with E-state index in [-0.39, 0.29) is 0 Å². The average Bonchev–Trinajstić information content (AvgIpc) is 3.77. The third-order valence-corrected chi connectivity index (χ3v) is 7.46. The standard InChI is InChI=1S/C32H18N8.2ClH.Ir/c1-2-10-18-17(9-1)25-33-26(18)38-28-21-13-5-6-14-22(21)30(35-28)40-32-24-16-8-7-15-23(24)31(36-32)39-29-20-12-4-3-11-19(20)27(34-29)37-25;;;/h1-16H,(H2,33,34,35,36,37,38,39,40);2*1H;/q;;;+2/p-2. The number of aromatic amines is 2. The number of nitrogens with one attached hydrogen (secondary N) is 2. The fourth-order valence-corrected chi connectivity index (χ4v) is 5.59. The number of aromatic nitrogens is 8. The van der Waals surface area contributed by atoms with Crippen LogP contribution in [0.4, 0.5) is 0 Å². The van der Waals surface area contributed by atoms with Crippen LogP contribution >= 0.6 is 19.2 Å². The van der Waals surface area contributed by atoms with Crippen molar-refractivity contribution in [1.82, 2.24) is 39.9 Å². The van der Waals surface area contributed by atoms with Gasteiger partial charge in [0.05, 0.1) is 0 Å². The zero-order valence-corrected chi connectivity index (χ0v) is 25.9. The monoisotopic (exact) mass is 777 g/mol. The van der Waals surface area contributed by atoms with Gasteiger partial charge in [-0.1, -0.05) is 97.1 Å². The van der Waals surface area contributed by atoms with E-state index < -0.39 is 15.7 Å². The molecule has 0 amide bonds. The molecule has 0 unspecified atom stereocenters. The van der Waals surface area contributed by atoms with Gasteiger partial charge >= 0.3 is 34.8 Å². The summed E-state index contributed by atoms with van der Waals surface area (Å²) in [5, 5.41) is 3.82. The molecule has 2 N–H and O–H groups in total. The Morgan fingerprint density at radius 2 is 0.605 bits per heavy atom. The van der Waals surface area contributed by atoms with Crippen molar-refractivity contribution in [1.29, 1.82) is 0 Å². The smallest absolute Gasteiger partial charge is 0.164 e. The van der Waals surface area contributed by atoms with Gasteiger partial charge in [-0.25, -0.2) is 29.9 Å². The normalized spacial score (nSPS) is 11.7. The molecule has 8 bridgehead atoms. The number of rotatable bonds is 0. The van der Waals surface area contributed by atoms with Crippen molar-refractivity contribution in [2.45, 2.75) is 0 Å². The van der Waals surface area contributed by atoms with Crippen molar-refractivity contribution < 1.29 is 15.7 Å². The number of fused-ring (bicyclic) bond motifs is 20. The molecule has 2 aliphatic heterocycles. The van der Waals surface area contributed by atoms with Crippen LogP contribution in [0.3, 0.4) is 0 Å². The Morgan fingerprint density at radius 1 is 0.372 bits per heavy atom. The summed E-state index contributed by atoms with van der Waals surface area (Å²) in [7, 11) is 9.78. The number of hydrogen-bond donors (Lipinski definition) is 2. The van der Waals surface area contributed by atoms with Crippen molar-refractivity contribution in [2.24, 2.45) is 0 Å². The second-order valence-electron chi connectivity index (χ2n) is 9.84. The average molecular weight is 778 g/mol. The summed E-state index contributed by atoms with van der Waals surface area (Å²) in [4.78, 5) is 36.8. The Labute approximate surface area is 260 Å². The van der Waals surface area contributed by atoms with Crippen molar-refractivity contribution in [2.75, 3.05) is 0 Å². The van der Waals surface area contributed by atoms with Crippen molar-refractivity contribution in [3.05, 3.63) is 97.1 Å². The maximum atomic E-state index is 5.02. The molecule has 0 saturated heterocycles. The fraction of sp³-hybridized carbons (Fsp3) is 0. The Bertz CT molecular complexity index is 2060. The van der Waals surface area contributed by atoms with E-state index in [4.69, 9.17) is 49.1 Å². The summed E-state index contributed by atoms with van der Waals surface area (Å²) in [6, 6.07) is 32.2. The van der Waals surface area contributed by atoms with Crippen LogP contribution in [0.2, 0.25) is 0 Å². The van der Waals surface area contributed by atoms with Gasteiger partial charge in [-0.3, -0.25) is 0 Å². The summed E-state index contributed by atoms with van der Waals surface area (Å²) in [5.41, 5.74) is 6.45. The van der Waals surface area contributed by atoms with Crippen molar-refractivity contribution >= 4 is 63.3 Å². The second kappa shape index (κ2) is 10.6. The zero-order chi connectivity index (χ0) is 28.9. The molecular weight excluding hydrogens is 760 g/mol. The summed E-state index contributed by atoms with van der Waals surface area (Å²) >= 11 is -0.556. The molecule has 0 fully saturated rings. The van der Waals surface area contributed by atoms with E-state index in [0.717, 1.165) is 43.8 Å². The van der Waals surface area contributed by atoms with Crippen LogP contribution in [-0.2, 0) is 15.7 Å². The van der Waals surface area contributed by atoms with Crippen LogP contribution in [0.1, 0.15) is 0 Å². The zero-order valence-electron chi connectivity index (χ0n) is 22.0. The predicted molar refractivity (Wildman–Crippen MR) is 168 cm³/mol. The molecule has 5 heterocycles. The molecule has 3 aromatic heterocycles. The van der Waals surface area contributed by atoms with Crippen LogP contribution in [0, 0.1) is 0 Å². The van der Waals surface area contributed by atoms with E-state index in [1.807, 2.05) is 97.1 Å². The number of H-pyrrole nitrogens is 2. The van der Waals surface area contributed by atoms with Crippen LogP contribution in [0.25, 0.3) is 89.7 Å². The van der Waals surface area contributed by atoms with Crippen molar-refractivity contribution in [3.63, 3.8) is 0 Å². The number of nitrogens with zero attached hydrogens (tertiary/aromatic N) is 6. The predicted octanol–water partition coefficient (Wildman–Crippen LogP) is 8.25. The first-order valence-electron chi connectivity index (χ1n) is 13.2. The molecule has 0 saturated carbocycles. The minimum absolute atomic E-state index is 0.556. The maximum absolute atomic E-state index is 5.02. The van der Waals surface area contributed by atoms with E-state index in [1.165, 1.54) is 0 Å². The molecule has 2 aliphatic rings. The number of benzene rings is 4. The molecule has 8 nitrogen and oxygen atoms in total. The van der Waals surface area contributed by atoms with Gasteiger partial charge in [0.15, 0.2) is 23.3 Å². The molecule has 0 radical (unpaired) electrons. The molecule has 0 spiro atoms. The Balaban J connectivity index is 0.000000892.